The molecule has 180 valence electrons. The molecule has 9 nitrogen and oxygen atoms in total. The van der Waals surface area contributed by atoms with Crippen molar-refractivity contribution >= 4 is 35.4 Å². The zero-order valence-corrected chi connectivity index (χ0v) is 19.8. The molecule has 0 aliphatic carbocycles. The van der Waals surface area contributed by atoms with Crippen molar-refractivity contribution in [2.45, 2.75) is 26.4 Å². The average Bonchev–Trinajstić information content (AvgIpc) is 2.80. The van der Waals surface area contributed by atoms with E-state index < -0.39 is 17.7 Å². The second-order valence-electron chi connectivity index (χ2n) is 8.58. The van der Waals surface area contributed by atoms with E-state index in [0.717, 1.165) is 0 Å². The molecule has 0 radical (unpaired) electrons. The third-order valence-electron chi connectivity index (χ3n) is 5.03. The van der Waals surface area contributed by atoms with E-state index in [1.165, 1.54) is 48.3 Å². The molecule has 1 aliphatic heterocycles. The lowest BCUT2D eigenvalue weighted by Gasteiger charge is -2.37. The number of hydrogen-bond acceptors (Lipinski definition) is 7. The number of phenolic OH excluding ortho intramolecular Hbond substituents is 1. The van der Waals surface area contributed by atoms with E-state index in [4.69, 9.17) is 14.2 Å². The van der Waals surface area contributed by atoms with E-state index in [0.29, 0.717) is 22.7 Å². The van der Waals surface area contributed by atoms with Crippen LogP contribution in [-0.4, -0.2) is 56.0 Å². The molecular weight excluding hydrogens is 440 g/mol. The molecular formula is C25H28N2O7. The van der Waals surface area contributed by atoms with Crippen LogP contribution in [0.25, 0.3) is 6.08 Å². The predicted molar refractivity (Wildman–Crippen MR) is 127 cm³/mol. The van der Waals surface area contributed by atoms with Crippen LogP contribution in [0.3, 0.4) is 0 Å². The Labute approximate surface area is 198 Å². The zero-order chi connectivity index (χ0) is 25.0. The monoisotopic (exact) mass is 468 g/mol. The summed E-state index contributed by atoms with van der Waals surface area (Å²) in [6.07, 6.45) is 2.43. The highest BCUT2D eigenvalue weighted by molar-refractivity contribution is 6.09. The van der Waals surface area contributed by atoms with E-state index >= 15 is 0 Å². The topological polar surface area (TPSA) is 106 Å². The maximum atomic E-state index is 13.1. The normalized spacial score (nSPS) is 13.4. The molecule has 2 aromatic rings. The van der Waals surface area contributed by atoms with Crippen LogP contribution in [0.15, 0.2) is 42.5 Å². The first-order valence-corrected chi connectivity index (χ1v) is 10.6. The van der Waals surface area contributed by atoms with Crippen LogP contribution in [0.4, 0.5) is 16.2 Å². The molecule has 0 unspecified atom stereocenters. The smallest absolute Gasteiger partial charge is 0.414 e. The second-order valence-corrected chi connectivity index (χ2v) is 8.58. The van der Waals surface area contributed by atoms with Crippen LogP contribution in [0.1, 0.15) is 36.7 Å². The van der Waals surface area contributed by atoms with Gasteiger partial charge in [-0.2, -0.15) is 0 Å². The number of anilines is 2. The number of nitrogens with zero attached hydrogens (tertiary/aromatic N) is 2. The number of carbonyl (C=O) groups is 3. The van der Waals surface area contributed by atoms with Crippen LogP contribution in [-0.2, 0) is 14.3 Å². The van der Waals surface area contributed by atoms with Gasteiger partial charge in [-0.05, 0) is 62.7 Å². The summed E-state index contributed by atoms with van der Waals surface area (Å²) in [5.74, 6) is -0.583. The Hall–Kier alpha value is -4.01. The van der Waals surface area contributed by atoms with Gasteiger partial charge in [0.05, 0.1) is 31.2 Å². The standard InChI is InChI=1S/C25H28N2O7/c1-25(2,3)34-24(31)27-13-12-26(18-9-8-17(15-19(18)27)23(30)33-5)22(29)11-7-16-6-10-20(28)21(14-16)32-4/h6-11,14-15,28H,12-13H2,1-5H3. The van der Waals surface area contributed by atoms with Crippen molar-refractivity contribution in [2.75, 3.05) is 37.1 Å². The Kier molecular flexibility index (Phi) is 7.14. The van der Waals surface area contributed by atoms with Gasteiger partial charge < -0.3 is 24.2 Å². The summed E-state index contributed by atoms with van der Waals surface area (Å²) in [7, 11) is 2.71. The predicted octanol–water partition coefficient (Wildman–Crippen LogP) is 3.99. The number of ether oxygens (including phenoxy) is 3. The molecule has 2 amide bonds. The first-order valence-electron chi connectivity index (χ1n) is 10.6. The molecule has 0 atom stereocenters. The molecule has 3 rings (SSSR count). The maximum Gasteiger partial charge on any atom is 0.414 e. The summed E-state index contributed by atoms with van der Waals surface area (Å²) in [6.45, 7) is 5.70. The number of esters is 1. The summed E-state index contributed by atoms with van der Waals surface area (Å²) >= 11 is 0. The molecule has 1 heterocycles. The quantitative estimate of drug-likeness (QED) is 0.534. The van der Waals surface area contributed by atoms with Gasteiger partial charge in [0.1, 0.15) is 5.60 Å². The van der Waals surface area contributed by atoms with Crippen LogP contribution in [0, 0.1) is 0 Å². The van der Waals surface area contributed by atoms with Crippen molar-refractivity contribution in [3.63, 3.8) is 0 Å². The van der Waals surface area contributed by atoms with Crippen molar-refractivity contribution in [3.05, 3.63) is 53.6 Å². The van der Waals surface area contributed by atoms with E-state index in [-0.39, 0.29) is 30.3 Å². The highest BCUT2D eigenvalue weighted by Crippen LogP contribution is 2.35. The third-order valence-corrected chi connectivity index (χ3v) is 5.03. The number of phenols is 1. The Morgan fingerprint density at radius 1 is 0.971 bits per heavy atom. The van der Waals surface area contributed by atoms with Crippen molar-refractivity contribution < 1.29 is 33.7 Å². The lowest BCUT2D eigenvalue weighted by molar-refractivity contribution is -0.114. The first kappa shape index (κ1) is 24.6. The maximum absolute atomic E-state index is 13.1. The molecule has 0 fully saturated rings. The van der Waals surface area contributed by atoms with E-state index in [9.17, 15) is 19.5 Å². The van der Waals surface area contributed by atoms with Gasteiger partial charge in [0, 0.05) is 19.2 Å². The molecule has 34 heavy (non-hydrogen) atoms. The first-order chi connectivity index (χ1) is 16.0. The van der Waals surface area contributed by atoms with Gasteiger partial charge in [-0.1, -0.05) is 6.07 Å². The molecule has 2 aromatic carbocycles. The van der Waals surface area contributed by atoms with Crippen molar-refractivity contribution in [3.8, 4) is 11.5 Å². The molecule has 0 saturated carbocycles. The number of fused-ring (bicyclic) bond motifs is 1. The summed E-state index contributed by atoms with van der Waals surface area (Å²) in [5, 5.41) is 9.75. The Bertz CT molecular complexity index is 1130. The highest BCUT2D eigenvalue weighted by atomic mass is 16.6. The number of carbonyl (C=O) groups excluding carboxylic acids is 3. The SMILES string of the molecule is COC(=O)c1ccc2c(c1)N(C(=O)OC(C)(C)C)CCN2C(=O)C=Cc1ccc(O)c(OC)c1. The lowest BCUT2D eigenvalue weighted by atomic mass is 10.1. The molecule has 1 N–H and O–H groups in total. The third kappa shape index (κ3) is 5.48. The highest BCUT2D eigenvalue weighted by Gasteiger charge is 2.32. The van der Waals surface area contributed by atoms with Crippen LogP contribution >= 0.6 is 0 Å². The van der Waals surface area contributed by atoms with Crippen molar-refractivity contribution in [1.29, 1.82) is 0 Å². The molecule has 0 aromatic heterocycles. The van der Waals surface area contributed by atoms with Gasteiger partial charge in [-0.3, -0.25) is 9.69 Å². The van der Waals surface area contributed by atoms with Gasteiger partial charge in [-0.25, -0.2) is 9.59 Å². The van der Waals surface area contributed by atoms with Gasteiger partial charge in [0.2, 0.25) is 0 Å². The number of methoxy groups -OCH3 is 2. The van der Waals surface area contributed by atoms with Gasteiger partial charge in [-0.15, -0.1) is 0 Å². The fourth-order valence-electron chi connectivity index (χ4n) is 3.44. The van der Waals surface area contributed by atoms with Gasteiger partial charge in [0.15, 0.2) is 11.5 Å². The summed E-state index contributed by atoms with van der Waals surface area (Å²) < 4.78 is 15.4. The fraction of sp³-hybridized carbons (Fsp3) is 0.320. The molecule has 0 spiro atoms. The number of amides is 2. The minimum atomic E-state index is -0.710. The average molecular weight is 469 g/mol. The van der Waals surface area contributed by atoms with E-state index in [1.807, 2.05) is 0 Å². The zero-order valence-electron chi connectivity index (χ0n) is 19.8. The number of benzene rings is 2. The minimum Gasteiger partial charge on any atom is -0.504 e. The lowest BCUT2D eigenvalue weighted by Crippen LogP contribution is -2.47. The molecule has 0 saturated heterocycles. The van der Waals surface area contributed by atoms with Crippen LogP contribution < -0.4 is 14.5 Å². The summed E-state index contributed by atoms with van der Waals surface area (Å²) in [4.78, 5) is 40.9. The van der Waals surface area contributed by atoms with Crippen LogP contribution in [0.5, 0.6) is 11.5 Å². The molecule has 9 heteroatoms. The van der Waals surface area contributed by atoms with E-state index in [2.05, 4.69) is 0 Å². The fourth-order valence-corrected chi connectivity index (χ4v) is 3.44. The Balaban J connectivity index is 1.93. The van der Waals surface area contributed by atoms with Gasteiger partial charge >= 0.3 is 12.1 Å². The summed E-state index contributed by atoms with van der Waals surface area (Å²) in [6, 6.07) is 9.39. The molecule has 0 bridgehead atoms. The number of rotatable bonds is 4. The van der Waals surface area contributed by atoms with Crippen LogP contribution in [0.2, 0.25) is 0 Å². The Morgan fingerprint density at radius 3 is 2.32 bits per heavy atom. The minimum absolute atomic E-state index is 0.000390. The largest absolute Gasteiger partial charge is 0.504 e. The molecule has 1 aliphatic rings. The second kappa shape index (κ2) is 9.86. The van der Waals surface area contributed by atoms with E-state index in [1.54, 1.807) is 45.0 Å². The Morgan fingerprint density at radius 2 is 1.68 bits per heavy atom. The number of hydrogen-bond donors (Lipinski definition) is 1. The summed E-state index contributed by atoms with van der Waals surface area (Å²) in [5.41, 5.74) is 1.03. The van der Waals surface area contributed by atoms with Gasteiger partial charge in [0.25, 0.3) is 5.91 Å². The van der Waals surface area contributed by atoms with Crippen molar-refractivity contribution in [1.82, 2.24) is 0 Å². The number of aromatic hydroxyl groups is 1. The van der Waals surface area contributed by atoms with Crippen molar-refractivity contribution in [2.24, 2.45) is 0 Å².